The molecule has 0 atom stereocenters. The molecule has 0 aromatic heterocycles. The summed E-state index contributed by atoms with van der Waals surface area (Å²) in [4.78, 5) is 37.7. The van der Waals surface area contributed by atoms with Gasteiger partial charge in [-0.2, -0.15) is 0 Å². The smallest absolute Gasteiger partial charge is 0.277 e. The number of amides is 4. The molecule has 1 aliphatic heterocycles. The van der Waals surface area contributed by atoms with Crippen molar-refractivity contribution >= 4 is 17.8 Å². The molecule has 1 fully saturated rings. The zero-order valence-corrected chi connectivity index (χ0v) is 11.8. The molecule has 102 valence electrons. The van der Waals surface area contributed by atoms with Crippen LogP contribution in [0.3, 0.4) is 0 Å². The van der Waals surface area contributed by atoms with Crippen LogP contribution in [0.15, 0.2) is 0 Å². The molecule has 0 saturated carbocycles. The van der Waals surface area contributed by atoms with Crippen molar-refractivity contribution in [3.63, 3.8) is 0 Å². The third-order valence-electron chi connectivity index (χ3n) is 4.15. The Labute approximate surface area is 108 Å². The highest BCUT2D eigenvalue weighted by atomic mass is 16.2. The maximum absolute atomic E-state index is 12.6. The molecular formula is C13H22N2O3. The summed E-state index contributed by atoms with van der Waals surface area (Å²) in [5.74, 6) is -0.834. The van der Waals surface area contributed by atoms with E-state index in [-0.39, 0.29) is 5.91 Å². The van der Waals surface area contributed by atoms with E-state index in [1.165, 1.54) is 4.90 Å². The lowest BCUT2D eigenvalue weighted by atomic mass is 9.77. The zero-order chi connectivity index (χ0) is 14.1. The van der Waals surface area contributed by atoms with Gasteiger partial charge >= 0.3 is 6.03 Å². The second-order valence-electron chi connectivity index (χ2n) is 5.36. The molecular weight excluding hydrogens is 232 g/mol. The molecule has 1 aliphatic rings. The molecule has 5 nitrogen and oxygen atoms in total. The summed E-state index contributed by atoms with van der Waals surface area (Å²) in [6, 6.07) is -0.602. The normalized spacial score (nSPS) is 20.1. The van der Waals surface area contributed by atoms with Crippen molar-refractivity contribution < 1.29 is 14.4 Å². The first-order chi connectivity index (χ1) is 8.26. The van der Waals surface area contributed by atoms with Gasteiger partial charge in [-0.3, -0.25) is 19.8 Å². The van der Waals surface area contributed by atoms with E-state index in [0.29, 0.717) is 19.3 Å². The van der Waals surface area contributed by atoms with E-state index in [1.807, 2.05) is 20.8 Å². The van der Waals surface area contributed by atoms with Gasteiger partial charge in [0.15, 0.2) is 0 Å². The number of urea groups is 1. The molecule has 1 saturated heterocycles. The van der Waals surface area contributed by atoms with Crippen LogP contribution < -0.4 is 5.32 Å². The largest absolute Gasteiger partial charge is 0.331 e. The molecule has 1 N–H and O–H groups in total. The molecule has 0 aromatic carbocycles. The fraction of sp³-hybridized carbons (Fsp3) is 0.769. The highest BCUT2D eigenvalue weighted by Crippen LogP contribution is 2.36. The number of nitrogens with one attached hydrogen (secondary N) is 1. The first-order valence-corrected chi connectivity index (χ1v) is 6.47. The van der Waals surface area contributed by atoms with Gasteiger partial charge in [0.05, 0.1) is 0 Å². The molecule has 18 heavy (non-hydrogen) atoms. The Morgan fingerprint density at radius 2 is 1.61 bits per heavy atom. The van der Waals surface area contributed by atoms with E-state index in [4.69, 9.17) is 0 Å². The van der Waals surface area contributed by atoms with Gasteiger partial charge in [0.2, 0.25) is 11.8 Å². The van der Waals surface area contributed by atoms with Crippen LogP contribution in [0.4, 0.5) is 4.79 Å². The third-order valence-corrected chi connectivity index (χ3v) is 4.15. The molecule has 0 aromatic rings. The van der Waals surface area contributed by atoms with Crippen molar-refractivity contribution in [1.82, 2.24) is 10.2 Å². The van der Waals surface area contributed by atoms with Crippen molar-refractivity contribution in [3.05, 3.63) is 0 Å². The van der Waals surface area contributed by atoms with E-state index in [1.54, 1.807) is 13.8 Å². The third kappa shape index (κ3) is 1.91. The predicted molar refractivity (Wildman–Crippen MR) is 67.8 cm³/mol. The fourth-order valence-electron chi connectivity index (χ4n) is 2.26. The van der Waals surface area contributed by atoms with Crippen LogP contribution in [-0.2, 0) is 9.59 Å². The highest BCUT2D eigenvalue weighted by Gasteiger charge is 2.54. The maximum atomic E-state index is 12.6. The zero-order valence-electron chi connectivity index (χ0n) is 11.8. The van der Waals surface area contributed by atoms with E-state index >= 15 is 0 Å². The number of hydrogen-bond acceptors (Lipinski definition) is 3. The quantitative estimate of drug-likeness (QED) is 0.781. The van der Waals surface area contributed by atoms with Crippen molar-refractivity contribution in [2.75, 3.05) is 0 Å². The van der Waals surface area contributed by atoms with Crippen LogP contribution in [0.1, 0.15) is 53.9 Å². The maximum Gasteiger partial charge on any atom is 0.331 e. The van der Waals surface area contributed by atoms with Crippen LogP contribution in [0.25, 0.3) is 0 Å². The Kier molecular flexibility index (Phi) is 3.84. The van der Waals surface area contributed by atoms with Gasteiger partial charge in [0, 0.05) is 5.54 Å². The predicted octanol–water partition coefficient (Wildman–Crippen LogP) is 2.06. The Bertz CT molecular complexity index is 384. The minimum Gasteiger partial charge on any atom is -0.277 e. The summed E-state index contributed by atoms with van der Waals surface area (Å²) in [7, 11) is 0. The summed E-state index contributed by atoms with van der Waals surface area (Å²) in [6.45, 7) is 9.17. The Balaban J connectivity index is 3.27. The lowest BCUT2D eigenvalue weighted by Gasteiger charge is -2.45. The SMILES string of the molecule is CCC1(CC)C(=O)NC(=O)N(C(C)(C)CC)C1=O. The van der Waals surface area contributed by atoms with Gasteiger partial charge in [0.1, 0.15) is 5.41 Å². The molecule has 5 heteroatoms. The number of carbonyl (C=O) groups excluding carboxylic acids is 3. The summed E-state index contributed by atoms with van der Waals surface area (Å²) in [6.07, 6.45) is 1.44. The second kappa shape index (κ2) is 4.71. The van der Waals surface area contributed by atoms with Crippen LogP contribution in [-0.4, -0.2) is 28.3 Å². The summed E-state index contributed by atoms with van der Waals surface area (Å²) < 4.78 is 0. The van der Waals surface area contributed by atoms with Gasteiger partial charge in [-0.25, -0.2) is 4.79 Å². The van der Waals surface area contributed by atoms with Gasteiger partial charge < -0.3 is 0 Å². The first-order valence-electron chi connectivity index (χ1n) is 6.47. The van der Waals surface area contributed by atoms with Crippen molar-refractivity contribution in [3.8, 4) is 0 Å². The number of nitrogens with zero attached hydrogens (tertiary/aromatic N) is 1. The fourth-order valence-corrected chi connectivity index (χ4v) is 2.26. The number of imide groups is 2. The number of barbiturate groups is 1. The van der Waals surface area contributed by atoms with Gasteiger partial charge in [0.25, 0.3) is 0 Å². The van der Waals surface area contributed by atoms with E-state index in [9.17, 15) is 14.4 Å². The van der Waals surface area contributed by atoms with Crippen molar-refractivity contribution in [1.29, 1.82) is 0 Å². The Hall–Kier alpha value is -1.39. The van der Waals surface area contributed by atoms with Crippen LogP contribution in [0.5, 0.6) is 0 Å². The molecule has 1 heterocycles. The van der Waals surface area contributed by atoms with Crippen molar-refractivity contribution in [2.45, 2.75) is 59.4 Å². The molecule has 0 bridgehead atoms. The molecule has 0 spiro atoms. The average Bonchev–Trinajstić information content (AvgIpc) is 2.30. The minimum atomic E-state index is -1.10. The monoisotopic (exact) mass is 254 g/mol. The molecule has 0 aliphatic carbocycles. The number of carbonyl (C=O) groups is 3. The van der Waals surface area contributed by atoms with Crippen molar-refractivity contribution in [2.24, 2.45) is 5.41 Å². The first kappa shape index (κ1) is 14.7. The van der Waals surface area contributed by atoms with E-state index in [2.05, 4.69) is 5.32 Å². The van der Waals surface area contributed by atoms with E-state index in [0.717, 1.165) is 0 Å². The number of hydrogen-bond donors (Lipinski definition) is 1. The standard InChI is InChI=1S/C13H22N2O3/c1-6-12(4,5)15-10(17)13(7-2,8-3)9(16)14-11(15)18/h6-8H2,1-5H3,(H,14,16,18). The van der Waals surface area contributed by atoms with Crippen LogP contribution in [0.2, 0.25) is 0 Å². The molecule has 0 radical (unpaired) electrons. The summed E-state index contributed by atoms with van der Waals surface area (Å²) in [5.41, 5.74) is -1.68. The minimum absolute atomic E-state index is 0.367. The van der Waals surface area contributed by atoms with Gasteiger partial charge in [-0.05, 0) is 33.1 Å². The topological polar surface area (TPSA) is 66.5 Å². The van der Waals surface area contributed by atoms with E-state index < -0.39 is 22.9 Å². The molecule has 4 amide bonds. The lowest BCUT2D eigenvalue weighted by molar-refractivity contribution is -0.155. The average molecular weight is 254 g/mol. The second-order valence-corrected chi connectivity index (χ2v) is 5.36. The summed E-state index contributed by atoms with van der Waals surface area (Å²) >= 11 is 0. The number of rotatable bonds is 4. The highest BCUT2D eigenvalue weighted by molar-refractivity contribution is 6.19. The van der Waals surface area contributed by atoms with Gasteiger partial charge in [-0.1, -0.05) is 20.8 Å². The van der Waals surface area contributed by atoms with Crippen LogP contribution in [0, 0.1) is 5.41 Å². The lowest BCUT2D eigenvalue weighted by Crippen LogP contribution is -2.68. The Morgan fingerprint density at radius 1 is 1.11 bits per heavy atom. The molecule has 0 unspecified atom stereocenters. The molecule has 1 rings (SSSR count). The van der Waals surface area contributed by atoms with Crippen LogP contribution >= 0.6 is 0 Å². The summed E-state index contributed by atoms with van der Waals surface area (Å²) in [5, 5.41) is 2.32. The van der Waals surface area contributed by atoms with Gasteiger partial charge in [-0.15, -0.1) is 0 Å². The Morgan fingerprint density at radius 3 is 2.00 bits per heavy atom.